The van der Waals surface area contributed by atoms with Crippen LogP contribution in [0.4, 0.5) is 10.5 Å². The molecule has 1 aromatic rings. The standard InChI is InChI=1S/C13H20N4O2/c1-3-16(2)13(19)17(9-12(15)18)8-10-5-4-6-11(14)7-10/h4-7H,3,8-9,14H2,1-2H3,(H2,15,18). The second-order valence-electron chi connectivity index (χ2n) is 4.36. The lowest BCUT2D eigenvalue weighted by Gasteiger charge is -2.26. The molecule has 6 heteroatoms. The molecule has 1 rings (SSSR count). The average molecular weight is 264 g/mol. The summed E-state index contributed by atoms with van der Waals surface area (Å²) in [5.41, 5.74) is 12.4. The minimum absolute atomic E-state index is 0.113. The Morgan fingerprint density at radius 1 is 1.32 bits per heavy atom. The summed E-state index contributed by atoms with van der Waals surface area (Å²) in [7, 11) is 1.68. The van der Waals surface area contributed by atoms with Crippen LogP contribution in [0.15, 0.2) is 24.3 Å². The zero-order chi connectivity index (χ0) is 14.4. The topological polar surface area (TPSA) is 92.7 Å². The van der Waals surface area contributed by atoms with Gasteiger partial charge in [-0.05, 0) is 24.6 Å². The molecule has 0 saturated carbocycles. The average Bonchev–Trinajstić information content (AvgIpc) is 2.35. The summed E-state index contributed by atoms with van der Waals surface area (Å²) in [6.07, 6.45) is 0. The van der Waals surface area contributed by atoms with Gasteiger partial charge >= 0.3 is 6.03 Å². The maximum Gasteiger partial charge on any atom is 0.320 e. The molecule has 0 saturated heterocycles. The smallest absolute Gasteiger partial charge is 0.320 e. The summed E-state index contributed by atoms with van der Waals surface area (Å²) in [4.78, 5) is 26.1. The lowest BCUT2D eigenvalue weighted by molar-refractivity contribution is -0.118. The van der Waals surface area contributed by atoms with Gasteiger partial charge in [-0.2, -0.15) is 0 Å². The van der Waals surface area contributed by atoms with E-state index in [9.17, 15) is 9.59 Å². The molecule has 0 aromatic heterocycles. The molecule has 0 atom stereocenters. The molecule has 3 amide bonds. The van der Waals surface area contributed by atoms with E-state index in [4.69, 9.17) is 11.5 Å². The predicted molar refractivity (Wildman–Crippen MR) is 74.2 cm³/mol. The van der Waals surface area contributed by atoms with E-state index in [0.29, 0.717) is 18.8 Å². The van der Waals surface area contributed by atoms with Crippen molar-refractivity contribution in [2.45, 2.75) is 13.5 Å². The van der Waals surface area contributed by atoms with Crippen molar-refractivity contribution < 1.29 is 9.59 Å². The molecule has 0 aliphatic heterocycles. The lowest BCUT2D eigenvalue weighted by Crippen LogP contribution is -2.44. The molecule has 1 aromatic carbocycles. The molecular weight excluding hydrogens is 244 g/mol. The molecule has 0 aliphatic rings. The third kappa shape index (κ3) is 4.50. The van der Waals surface area contributed by atoms with E-state index in [1.54, 1.807) is 25.2 Å². The Morgan fingerprint density at radius 2 is 2.00 bits per heavy atom. The number of nitrogen functional groups attached to an aromatic ring is 1. The first-order chi connectivity index (χ1) is 8.93. The van der Waals surface area contributed by atoms with Crippen LogP contribution in [-0.2, 0) is 11.3 Å². The fourth-order valence-electron chi connectivity index (χ4n) is 1.67. The van der Waals surface area contributed by atoms with Crippen LogP contribution in [0.25, 0.3) is 0 Å². The van der Waals surface area contributed by atoms with Crippen molar-refractivity contribution in [2.75, 3.05) is 25.9 Å². The van der Waals surface area contributed by atoms with E-state index in [0.717, 1.165) is 5.56 Å². The Kier molecular flexibility index (Phi) is 5.17. The highest BCUT2D eigenvalue weighted by atomic mass is 16.2. The van der Waals surface area contributed by atoms with Gasteiger partial charge < -0.3 is 21.3 Å². The van der Waals surface area contributed by atoms with Crippen LogP contribution >= 0.6 is 0 Å². The Morgan fingerprint density at radius 3 is 2.53 bits per heavy atom. The maximum atomic E-state index is 12.1. The second kappa shape index (κ2) is 6.63. The highest BCUT2D eigenvalue weighted by Crippen LogP contribution is 2.10. The summed E-state index contributed by atoms with van der Waals surface area (Å²) >= 11 is 0. The van der Waals surface area contributed by atoms with Crippen molar-refractivity contribution >= 4 is 17.6 Å². The normalized spacial score (nSPS) is 10.0. The minimum Gasteiger partial charge on any atom is -0.399 e. The number of anilines is 1. The lowest BCUT2D eigenvalue weighted by atomic mass is 10.2. The summed E-state index contributed by atoms with van der Waals surface area (Å²) < 4.78 is 0. The fraction of sp³-hybridized carbons (Fsp3) is 0.385. The number of benzene rings is 1. The molecule has 6 nitrogen and oxygen atoms in total. The van der Waals surface area contributed by atoms with Gasteiger partial charge in [-0.3, -0.25) is 4.79 Å². The number of urea groups is 1. The monoisotopic (exact) mass is 264 g/mol. The Hall–Kier alpha value is -2.24. The van der Waals surface area contributed by atoms with Gasteiger partial charge in [0.05, 0.1) is 0 Å². The highest BCUT2D eigenvalue weighted by Gasteiger charge is 2.19. The van der Waals surface area contributed by atoms with Crippen molar-refractivity contribution in [3.8, 4) is 0 Å². The van der Waals surface area contributed by atoms with Gasteiger partial charge in [-0.15, -0.1) is 0 Å². The largest absolute Gasteiger partial charge is 0.399 e. The minimum atomic E-state index is -0.540. The van der Waals surface area contributed by atoms with Crippen molar-refractivity contribution in [1.82, 2.24) is 9.80 Å². The summed E-state index contributed by atoms with van der Waals surface area (Å²) in [6, 6.07) is 6.96. The molecule has 0 spiro atoms. The van der Waals surface area contributed by atoms with Gasteiger partial charge in [-0.25, -0.2) is 4.79 Å². The van der Waals surface area contributed by atoms with E-state index in [1.165, 1.54) is 9.80 Å². The van der Waals surface area contributed by atoms with E-state index < -0.39 is 5.91 Å². The zero-order valence-corrected chi connectivity index (χ0v) is 11.3. The number of nitrogens with zero attached hydrogens (tertiary/aromatic N) is 2. The Labute approximate surface area is 113 Å². The van der Waals surface area contributed by atoms with Crippen molar-refractivity contribution in [2.24, 2.45) is 5.73 Å². The summed E-state index contributed by atoms with van der Waals surface area (Å²) in [5, 5.41) is 0. The first kappa shape index (κ1) is 14.8. The number of hydrogen-bond donors (Lipinski definition) is 2. The van der Waals surface area contributed by atoms with Crippen molar-refractivity contribution in [1.29, 1.82) is 0 Å². The molecule has 104 valence electrons. The molecule has 0 bridgehead atoms. The van der Waals surface area contributed by atoms with Gasteiger partial charge in [0.25, 0.3) is 0 Å². The van der Waals surface area contributed by atoms with Gasteiger partial charge in [0, 0.05) is 25.8 Å². The molecule has 0 unspecified atom stereocenters. The highest BCUT2D eigenvalue weighted by molar-refractivity contribution is 5.82. The Bertz CT molecular complexity index is 462. The molecular formula is C13H20N4O2. The van der Waals surface area contributed by atoms with Gasteiger partial charge in [-0.1, -0.05) is 12.1 Å². The number of rotatable bonds is 5. The van der Waals surface area contributed by atoms with Crippen LogP contribution in [0.3, 0.4) is 0 Å². The van der Waals surface area contributed by atoms with E-state index in [1.807, 2.05) is 13.0 Å². The third-order valence-electron chi connectivity index (χ3n) is 2.74. The second-order valence-corrected chi connectivity index (χ2v) is 4.36. The molecule has 0 radical (unpaired) electrons. The predicted octanol–water partition coefficient (Wildman–Crippen LogP) is 0.628. The van der Waals surface area contributed by atoms with E-state index in [2.05, 4.69) is 0 Å². The first-order valence-corrected chi connectivity index (χ1v) is 6.06. The fourth-order valence-corrected chi connectivity index (χ4v) is 1.67. The molecule has 19 heavy (non-hydrogen) atoms. The van der Waals surface area contributed by atoms with Crippen LogP contribution in [-0.4, -0.2) is 41.9 Å². The molecule has 4 N–H and O–H groups in total. The van der Waals surface area contributed by atoms with Crippen LogP contribution < -0.4 is 11.5 Å². The van der Waals surface area contributed by atoms with Gasteiger partial charge in [0.15, 0.2) is 0 Å². The first-order valence-electron chi connectivity index (χ1n) is 6.06. The molecule has 0 heterocycles. The number of carbonyl (C=O) groups excluding carboxylic acids is 2. The number of hydrogen-bond acceptors (Lipinski definition) is 3. The number of nitrogens with two attached hydrogens (primary N) is 2. The van der Waals surface area contributed by atoms with Gasteiger partial charge in [0.2, 0.25) is 5.91 Å². The quantitative estimate of drug-likeness (QED) is 0.764. The van der Waals surface area contributed by atoms with Crippen LogP contribution in [0.2, 0.25) is 0 Å². The van der Waals surface area contributed by atoms with Crippen LogP contribution in [0.5, 0.6) is 0 Å². The molecule has 0 aliphatic carbocycles. The summed E-state index contributed by atoms with van der Waals surface area (Å²) in [5.74, 6) is -0.540. The number of primary amides is 1. The third-order valence-corrected chi connectivity index (χ3v) is 2.74. The van der Waals surface area contributed by atoms with E-state index >= 15 is 0 Å². The Balaban J connectivity index is 2.85. The van der Waals surface area contributed by atoms with E-state index in [-0.39, 0.29) is 12.6 Å². The number of amides is 3. The van der Waals surface area contributed by atoms with Crippen molar-refractivity contribution in [3.05, 3.63) is 29.8 Å². The SMILES string of the molecule is CCN(C)C(=O)N(CC(N)=O)Cc1cccc(N)c1. The maximum absolute atomic E-state index is 12.1. The van der Waals surface area contributed by atoms with Crippen molar-refractivity contribution in [3.63, 3.8) is 0 Å². The summed E-state index contributed by atoms with van der Waals surface area (Å²) in [6.45, 7) is 2.61. The molecule has 0 fully saturated rings. The van der Waals surface area contributed by atoms with Gasteiger partial charge in [0.1, 0.15) is 6.54 Å². The number of carbonyl (C=O) groups is 2. The zero-order valence-electron chi connectivity index (χ0n) is 11.3. The van der Waals surface area contributed by atoms with Crippen LogP contribution in [0.1, 0.15) is 12.5 Å². The van der Waals surface area contributed by atoms with Crippen LogP contribution in [0, 0.1) is 0 Å².